The van der Waals surface area contributed by atoms with Crippen molar-refractivity contribution < 1.29 is 9.18 Å². The summed E-state index contributed by atoms with van der Waals surface area (Å²) >= 11 is 5.81. The van der Waals surface area contributed by atoms with Gasteiger partial charge in [-0.3, -0.25) is 9.78 Å². The molecule has 0 unspecified atom stereocenters. The Kier molecular flexibility index (Phi) is 7.74. The number of amides is 1. The van der Waals surface area contributed by atoms with Crippen LogP contribution in [0.25, 0.3) is 5.69 Å². The van der Waals surface area contributed by atoms with Gasteiger partial charge in [-0.25, -0.2) is 4.39 Å². The van der Waals surface area contributed by atoms with Gasteiger partial charge in [-0.15, -0.1) is 0 Å². The molecule has 200 valence electrons. The van der Waals surface area contributed by atoms with Crippen LogP contribution in [0.15, 0.2) is 79.0 Å². The number of pyridine rings is 1. The number of hydrogen-bond donors (Lipinski definition) is 2. The fraction of sp³-hybridized carbons (Fsp3) is 0.258. The molecular formula is C31H32FN5OS. The number of aromatic nitrogens is 2. The molecule has 1 fully saturated rings. The van der Waals surface area contributed by atoms with Crippen LogP contribution in [0.4, 0.5) is 10.1 Å². The molecule has 2 atom stereocenters. The first kappa shape index (κ1) is 26.6. The number of hydrogen-bond acceptors (Lipinski definition) is 3. The molecule has 0 aliphatic carbocycles. The lowest BCUT2D eigenvalue weighted by Gasteiger charge is -2.28. The number of nitrogens with zero attached hydrogens (tertiary/aromatic N) is 3. The van der Waals surface area contributed by atoms with E-state index in [0.717, 1.165) is 29.1 Å². The summed E-state index contributed by atoms with van der Waals surface area (Å²) in [5.41, 5.74) is 7.31. The highest BCUT2D eigenvalue weighted by Crippen LogP contribution is 2.41. The first-order valence-electron chi connectivity index (χ1n) is 13.2. The van der Waals surface area contributed by atoms with E-state index in [9.17, 15) is 9.18 Å². The third kappa shape index (κ3) is 5.43. The summed E-state index contributed by atoms with van der Waals surface area (Å²) in [5, 5.41) is 6.92. The summed E-state index contributed by atoms with van der Waals surface area (Å²) in [6.07, 6.45) is 2.95. The van der Waals surface area contributed by atoms with Gasteiger partial charge in [0.05, 0.1) is 17.8 Å². The Labute approximate surface area is 233 Å². The van der Waals surface area contributed by atoms with E-state index in [-0.39, 0.29) is 30.2 Å². The summed E-state index contributed by atoms with van der Waals surface area (Å²) < 4.78 is 15.6. The molecule has 0 radical (unpaired) electrons. The quantitative estimate of drug-likeness (QED) is 0.261. The zero-order valence-electron chi connectivity index (χ0n) is 22.3. The smallest absolute Gasteiger partial charge is 0.226 e. The normalized spacial score (nSPS) is 16.8. The number of nitrogens with one attached hydrogen (secondary N) is 2. The molecule has 1 amide bonds. The van der Waals surface area contributed by atoms with Crippen LogP contribution in [0.2, 0.25) is 0 Å². The highest BCUT2D eigenvalue weighted by atomic mass is 32.1. The maximum atomic E-state index is 13.3. The largest absolute Gasteiger partial charge is 0.352 e. The van der Waals surface area contributed by atoms with E-state index < -0.39 is 0 Å². The van der Waals surface area contributed by atoms with Crippen molar-refractivity contribution >= 4 is 28.9 Å². The fourth-order valence-electron chi connectivity index (χ4n) is 5.45. The van der Waals surface area contributed by atoms with Crippen molar-refractivity contribution in [1.82, 2.24) is 19.8 Å². The van der Waals surface area contributed by atoms with Crippen LogP contribution in [0.5, 0.6) is 0 Å². The van der Waals surface area contributed by atoms with Crippen LogP contribution in [0, 0.1) is 19.7 Å². The monoisotopic (exact) mass is 541 g/mol. The van der Waals surface area contributed by atoms with Crippen LogP contribution in [-0.2, 0) is 11.2 Å². The Bertz CT molecular complexity index is 1480. The molecule has 4 aromatic rings. The van der Waals surface area contributed by atoms with E-state index in [2.05, 4.69) is 76.2 Å². The van der Waals surface area contributed by atoms with Crippen LogP contribution < -0.4 is 10.6 Å². The van der Waals surface area contributed by atoms with Gasteiger partial charge < -0.3 is 20.1 Å². The zero-order chi connectivity index (χ0) is 27.5. The van der Waals surface area contributed by atoms with E-state index in [1.165, 1.54) is 23.4 Å². The van der Waals surface area contributed by atoms with Crippen molar-refractivity contribution in [3.05, 3.63) is 113 Å². The SMILES string of the molecule is CCc1ccccc1-n1c(C)cc([C@H]2[C@@H](c3ccccn3)NC(=S)N2CCC(=O)Nc2ccc(F)cc2)c1C. The van der Waals surface area contributed by atoms with E-state index in [4.69, 9.17) is 12.2 Å². The predicted molar refractivity (Wildman–Crippen MR) is 156 cm³/mol. The lowest BCUT2D eigenvalue weighted by Crippen LogP contribution is -2.32. The highest BCUT2D eigenvalue weighted by molar-refractivity contribution is 7.80. The Morgan fingerprint density at radius 1 is 1.08 bits per heavy atom. The van der Waals surface area contributed by atoms with Crippen LogP contribution in [-0.4, -0.2) is 32.0 Å². The molecule has 0 bridgehead atoms. The molecule has 0 saturated carbocycles. The van der Waals surface area contributed by atoms with Crippen molar-refractivity contribution in [2.75, 3.05) is 11.9 Å². The molecule has 3 heterocycles. The molecule has 2 aromatic carbocycles. The van der Waals surface area contributed by atoms with Crippen LogP contribution in [0.1, 0.15) is 53.6 Å². The maximum Gasteiger partial charge on any atom is 0.226 e. The van der Waals surface area contributed by atoms with Gasteiger partial charge in [0.1, 0.15) is 5.82 Å². The molecule has 5 rings (SSSR count). The summed E-state index contributed by atoms with van der Waals surface area (Å²) in [5.74, 6) is -0.504. The van der Waals surface area contributed by atoms with Crippen LogP contribution >= 0.6 is 12.2 Å². The number of halogens is 1. The number of para-hydroxylation sites is 1. The summed E-state index contributed by atoms with van der Waals surface area (Å²) in [6, 6.07) is 22.0. The number of thiocarbonyl (C=S) groups is 1. The molecule has 39 heavy (non-hydrogen) atoms. The van der Waals surface area contributed by atoms with Gasteiger partial charge in [-0.05, 0) is 92.1 Å². The highest BCUT2D eigenvalue weighted by Gasteiger charge is 2.41. The molecule has 0 spiro atoms. The Hall–Kier alpha value is -4.04. The molecule has 8 heteroatoms. The van der Waals surface area contributed by atoms with Gasteiger partial charge in [0.25, 0.3) is 0 Å². The Morgan fingerprint density at radius 2 is 1.82 bits per heavy atom. The first-order valence-corrected chi connectivity index (χ1v) is 13.6. The molecule has 2 aromatic heterocycles. The van der Waals surface area contributed by atoms with Gasteiger partial charge >= 0.3 is 0 Å². The second-order valence-corrected chi connectivity index (χ2v) is 10.2. The third-order valence-electron chi connectivity index (χ3n) is 7.31. The minimum absolute atomic E-state index is 0.153. The fourth-order valence-corrected chi connectivity index (χ4v) is 5.78. The minimum Gasteiger partial charge on any atom is -0.352 e. The number of rotatable bonds is 8. The van der Waals surface area contributed by atoms with Crippen molar-refractivity contribution in [2.24, 2.45) is 0 Å². The second-order valence-electron chi connectivity index (χ2n) is 9.77. The number of carbonyl (C=O) groups excluding carboxylic acids is 1. The second kappa shape index (κ2) is 11.4. The molecule has 1 aliphatic heterocycles. The molecule has 6 nitrogen and oxygen atoms in total. The lowest BCUT2D eigenvalue weighted by molar-refractivity contribution is -0.116. The zero-order valence-corrected chi connectivity index (χ0v) is 23.1. The van der Waals surface area contributed by atoms with Crippen molar-refractivity contribution in [1.29, 1.82) is 0 Å². The third-order valence-corrected chi connectivity index (χ3v) is 7.66. The number of anilines is 1. The standard InChI is InChI=1S/C31H32FN5OS/c1-4-22-9-5-6-11-27(22)37-20(2)19-25(21(37)3)30-29(26-10-7-8-17-33-26)35-31(39)36(30)18-16-28(38)34-24-14-12-23(32)13-15-24/h5-15,17,19,29-30H,4,16,18H2,1-3H3,(H,34,38)(H,35,39)/t29-,30+/m1/s1. The van der Waals surface area contributed by atoms with Gasteiger partial charge in [-0.2, -0.15) is 0 Å². The summed E-state index contributed by atoms with van der Waals surface area (Å²) in [6.45, 7) is 6.86. The average molecular weight is 542 g/mol. The predicted octanol–water partition coefficient (Wildman–Crippen LogP) is 6.19. The molecule has 1 saturated heterocycles. The van der Waals surface area contributed by atoms with E-state index in [1.54, 1.807) is 18.3 Å². The molecule has 2 N–H and O–H groups in total. The molecule has 1 aliphatic rings. The summed E-state index contributed by atoms with van der Waals surface area (Å²) in [7, 11) is 0. The number of aryl methyl sites for hydroxylation is 2. The van der Waals surface area contributed by atoms with E-state index in [1.807, 2.05) is 18.2 Å². The number of carbonyl (C=O) groups is 1. The van der Waals surface area contributed by atoms with Crippen molar-refractivity contribution in [3.8, 4) is 5.69 Å². The van der Waals surface area contributed by atoms with E-state index in [0.29, 0.717) is 17.3 Å². The Balaban J connectivity index is 1.48. The maximum absolute atomic E-state index is 13.3. The lowest BCUT2D eigenvalue weighted by atomic mass is 9.96. The van der Waals surface area contributed by atoms with Gasteiger partial charge in [0, 0.05) is 41.9 Å². The van der Waals surface area contributed by atoms with Crippen molar-refractivity contribution in [3.63, 3.8) is 0 Å². The topological polar surface area (TPSA) is 62.2 Å². The number of benzene rings is 2. The van der Waals surface area contributed by atoms with Crippen molar-refractivity contribution in [2.45, 2.75) is 45.7 Å². The van der Waals surface area contributed by atoms with E-state index >= 15 is 0 Å². The molecular weight excluding hydrogens is 509 g/mol. The summed E-state index contributed by atoms with van der Waals surface area (Å²) in [4.78, 5) is 19.6. The first-order chi connectivity index (χ1) is 18.9. The van der Waals surface area contributed by atoms with Gasteiger partial charge in [-0.1, -0.05) is 31.2 Å². The van der Waals surface area contributed by atoms with Gasteiger partial charge in [0.2, 0.25) is 5.91 Å². The van der Waals surface area contributed by atoms with Crippen LogP contribution in [0.3, 0.4) is 0 Å². The Morgan fingerprint density at radius 3 is 2.54 bits per heavy atom. The minimum atomic E-state index is -0.343. The van der Waals surface area contributed by atoms with Gasteiger partial charge in [0.15, 0.2) is 5.11 Å². The average Bonchev–Trinajstić information content (AvgIpc) is 3.43.